The van der Waals surface area contributed by atoms with Crippen LogP contribution in [-0.2, 0) is 4.74 Å². The van der Waals surface area contributed by atoms with E-state index in [9.17, 15) is 0 Å². The molecule has 112 valence electrons. The third kappa shape index (κ3) is 3.72. The summed E-state index contributed by atoms with van der Waals surface area (Å²) in [4.78, 5) is 0. The van der Waals surface area contributed by atoms with Gasteiger partial charge in [-0.15, -0.1) is 0 Å². The van der Waals surface area contributed by atoms with Gasteiger partial charge in [0.05, 0.1) is 11.6 Å². The lowest BCUT2D eigenvalue weighted by molar-refractivity contribution is -0.0374. The van der Waals surface area contributed by atoms with Crippen LogP contribution in [0.5, 0.6) is 0 Å². The zero-order valence-electron chi connectivity index (χ0n) is 13.4. The van der Waals surface area contributed by atoms with Crippen LogP contribution in [0, 0.1) is 0 Å². The maximum Gasteiger partial charge on any atom is 0.0820 e. The van der Waals surface area contributed by atoms with Crippen molar-refractivity contribution in [1.29, 1.82) is 0 Å². The molecule has 2 heteroatoms. The van der Waals surface area contributed by atoms with Crippen LogP contribution in [0.1, 0.15) is 32.4 Å². The summed E-state index contributed by atoms with van der Waals surface area (Å²) in [6.45, 7) is 7.01. The highest BCUT2D eigenvalue weighted by Gasteiger charge is 2.30. The van der Waals surface area contributed by atoms with E-state index in [0.29, 0.717) is 6.61 Å². The van der Waals surface area contributed by atoms with Gasteiger partial charge in [-0.2, -0.15) is 0 Å². The van der Waals surface area contributed by atoms with Crippen molar-refractivity contribution in [2.75, 3.05) is 13.7 Å². The fourth-order valence-corrected chi connectivity index (χ4v) is 2.87. The molecule has 0 heterocycles. The first kappa shape index (κ1) is 15.7. The third-order valence-corrected chi connectivity index (χ3v) is 3.85. The van der Waals surface area contributed by atoms with Crippen LogP contribution >= 0.6 is 0 Å². The van der Waals surface area contributed by atoms with Gasteiger partial charge in [-0.25, -0.2) is 0 Å². The summed E-state index contributed by atoms with van der Waals surface area (Å²) in [6, 6.07) is 19.3. The predicted molar refractivity (Wildman–Crippen MR) is 89.4 cm³/mol. The number of hydrogen-bond acceptors (Lipinski definition) is 2. The van der Waals surface area contributed by atoms with E-state index in [2.05, 4.69) is 67.7 Å². The lowest BCUT2D eigenvalue weighted by Gasteiger charge is -2.34. The summed E-state index contributed by atoms with van der Waals surface area (Å²) >= 11 is 0. The molecule has 21 heavy (non-hydrogen) atoms. The molecule has 2 rings (SSSR count). The van der Waals surface area contributed by atoms with Gasteiger partial charge < -0.3 is 10.1 Å². The second-order valence-corrected chi connectivity index (χ2v) is 5.75. The normalized spacial score (nSPS) is 13.1. The Bertz CT molecular complexity index is 546. The maximum atomic E-state index is 5.89. The van der Waals surface area contributed by atoms with Crippen molar-refractivity contribution in [3.63, 3.8) is 0 Å². The zero-order valence-corrected chi connectivity index (χ0v) is 13.4. The van der Waals surface area contributed by atoms with E-state index in [4.69, 9.17) is 4.74 Å². The maximum absolute atomic E-state index is 5.89. The molecule has 2 nitrogen and oxygen atoms in total. The summed E-state index contributed by atoms with van der Waals surface area (Å²) in [5, 5.41) is 3.38. The molecule has 0 aliphatic carbocycles. The fraction of sp³-hybridized carbons (Fsp3) is 0.368. The van der Waals surface area contributed by atoms with Crippen LogP contribution in [0.3, 0.4) is 0 Å². The summed E-state index contributed by atoms with van der Waals surface area (Å²) in [5.74, 6) is 0. The first-order valence-electron chi connectivity index (χ1n) is 7.55. The molecule has 1 atom stereocenters. The van der Waals surface area contributed by atoms with Crippen molar-refractivity contribution in [3.05, 3.63) is 60.2 Å². The van der Waals surface area contributed by atoms with E-state index < -0.39 is 0 Å². The Hall–Kier alpha value is -1.64. The van der Waals surface area contributed by atoms with Crippen LogP contribution in [-0.4, -0.2) is 19.3 Å². The fourth-order valence-electron chi connectivity index (χ4n) is 2.87. The average molecular weight is 283 g/mol. The van der Waals surface area contributed by atoms with Gasteiger partial charge in [0.1, 0.15) is 0 Å². The third-order valence-electron chi connectivity index (χ3n) is 3.85. The van der Waals surface area contributed by atoms with Gasteiger partial charge in [0.15, 0.2) is 0 Å². The van der Waals surface area contributed by atoms with Crippen molar-refractivity contribution in [2.45, 2.75) is 32.4 Å². The number of hydrogen-bond donors (Lipinski definition) is 1. The molecule has 0 saturated carbocycles. The van der Waals surface area contributed by atoms with Crippen molar-refractivity contribution >= 4 is 0 Å². The average Bonchev–Trinajstić information content (AvgIpc) is 2.49. The first-order valence-corrected chi connectivity index (χ1v) is 7.55. The molecular formula is C19H25NO. The molecule has 0 aliphatic heterocycles. The monoisotopic (exact) mass is 283 g/mol. The molecule has 0 bridgehead atoms. The second-order valence-electron chi connectivity index (χ2n) is 5.75. The van der Waals surface area contributed by atoms with E-state index in [0.717, 1.165) is 0 Å². The standard InChI is InChI=1S/C19H25NO/c1-5-21-19(2,3)18(20-4)17-13-11-16(12-14-17)15-9-7-6-8-10-15/h6-14,18,20H,5H2,1-4H3. The number of ether oxygens (including phenoxy) is 1. The highest BCUT2D eigenvalue weighted by Crippen LogP contribution is 2.30. The van der Waals surface area contributed by atoms with Gasteiger partial charge in [-0.1, -0.05) is 54.6 Å². The van der Waals surface area contributed by atoms with Crippen LogP contribution in [0.4, 0.5) is 0 Å². The van der Waals surface area contributed by atoms with Gasteiger partial charge in [0, 0.05) is 6.61 Å². The molecule has 0 fully saturated rings. The van der Waals surface area contributed by atoms with Gasteiger partial charge in [0.2, 0.25) is 0 Å². The molecule has 0 saturated heterocycles. The molecule has 0 radical (unpaired) electrons. The molecule has 2 aromatic carbocycles. The molecule has 0 aliphatic rings. The van der Waals surface area contributed by atoms with E-state index >= 15 is 0 Å². The number of rotatable bonds is 6. The molecule has 0 spiro atoms. The van der Waals surface area contributed by atoms with Crippen molar-refractivity contribution in [2.24, 2.45) is 0 Å². The van der Waals surface area contributed by atoms with Crippen LogP contribution in [0.25, 0.3) is 11.1 Å². The predicted octanol–water partition coefficient (Wildman–Crippen LogP) is 4.43. The largest absolute Gasteiger partial charge is 0.374 e. The number of benzene rings is 2. The first-order chi connectivity index (χ1) is 10.1. The number of likely N-dealkylation sites (N-methyl/N-ethyl adjacent to an activating group) is 1. The minimum atomic E-state index is -0.238. The van der Waals surface area contributed by atoms with Crippen LogP contribution in [0.2, 0.25) is 0 Å². The van der Waals surface area contributed by atoms with Crippen LogP contribution < -0.4 is 5.32 Å². The number of nitrogens with one attached hydrogen (secondary N) is 1. The minimum Gasteiger partial charge on any atom is -0.374 e. The van der Waals surface area contributed by atoms with Crippen molar-refractivity contribution in [1.82, 2.24) is 5.32 Å². The second kappa shape index (κ2) is 6.88. The minimum absolute atomic E-state index is 0.169. The molecule has 1 N–H and O–H groups in total. The molecular weight excluding hydrogens is 258 g/mol. The van der Waals surface area contributed by atoms with Gasteiger partial charge in [0.25, 0.3) is 0 Å². The topological polar surface area (TPSA) is 21.3 Å². The quantitative estimate of drug-likeness (QED) is 0.847. The van der Waals surface area contributed by atoms with Crippen molar-refractivity contribution in [3.8, 4) is 11.1 Å². The molecule has 0 aromatic heterocycles. The summed E-state index contributed by atoms with van der Waals surface area (Å²) in [6.07, 6.45) is 0. The van der Waals surface area contributed by atoms with E-state index in [1.165, 1.54) is 16.7 Å². The highest BCUT2D eigenvalue weighted by atomic mass is 16.5. The van der Waals surface area contributed by atoms with Gasteiger partial charge in [-0.3, -0.25) is 0 Å². The summed E-state index contributed by atoms with van der Waals surface area (Å²) in [5.41, 5.74) is 3.49. The van der Waals surface area contributed by atoms with Crippen LogP contribution in [0.15, 0.2) is 54.6 Å². The van der Waals surface area contributed by atoms with E-state index in [1.807, 2.05) is 20.0 Å². The Morgan fingerprint density at radius 1 is 0.952 bits per heavy atom. The Morgan fingerprint density at radius 2 is 1.52 bits per heavy atom. The van der Waals surface area contributed by atoms with Gasteiger partial charge in [-0.05, 0) is 44.5 Å². The Labute approximate surface area is 128 Å². The Kier molecular flexibility index (Phi) is 5.16. The van der Waals surface area contributed by atoms with Crippen molar-refractivity contribution < 1.29 is 4.74 Å². The Balaban J connectivity index is 2.25. The van der Waals surface area contributed by atoms with E-state index in [-0.39, 0.29) is 11.6 Å². The summed E-state index contributed by atoms with van der Waals surface area (Å²) in [7, 11) is 1.98. The SMILES string of the molecule is CCOC(C)(C)C(NC)c1ccc(-c2ccccc2)cc1. The smallest absolute Gasteiger partial charge is 0.0820 e. The zero-order chi connectivity index (χ0) is 15.3. The molecule has 0 amide bonds. The van der Waals surface area contributed by atoms with Gasteiger partial charge >= 0.3 is 0 Å². The highest BCUT2D eigenvalue weighted by molar-refractivity contribution is 5.63. The lowest BCUT2D eigenvalue weighted by atomic mass is 9.90. The molecule has 1 unspecified atom stereocenters. The lowest BCUT2D eigenvalue weighted by Crippen LogP contribution is -2.40. The molecule has 2 aromatic rings. The Morgan fingerprint density at radius 3 is 2.05 bits per heavy atom. The summed E-state index contributed by atoms with van der Waals surface area (Å²) < 4.78 is 5.89. The van der Waals surface area contributed by atoms with E-state index in [1.54, 1.807) is 0 Å².